The van der Waals surface area contributed by atoms with Crippen LogP contribution in [0.1, 0.15) is 46.0 Å². The summed E-state index contributed by atoms with van der Waals surface area (Å²) >= 11 is 0. The molecule has 0 aliphatic rings. The van der Waals surface area contributed by atoms with Crippen LogP contribution < -0.4 is 0 Å². The van der Waals surface area contributed by atoms with Gasteiger partial charge in [-0.15, -0.1) is 0 Å². The maximum Gasteiger partial charge on any atom is 0.327 e. The van der Waals surface area contributed by atoms with E-state index in [0.29, 0.717) is 5.92 Å². The highest BCUT2D eigenvalue weighted by Crippen LogP contribution is 2.19. The van der Waals surface area contributed by atoms with E-state index in [9.17, 15) is 4.79 Å². The van der Waals surface area contributed by atoms with E-state index in [2.05, 4.69) is 33.1 Å². The highest BCUT2D eigenvalue weighted by molar-refractivity contribution is 5.78. The van der Waals surface area contributed by atoms with Crippen molar-refractivity contribution in [2.24, 2.45) is 5.92 Å². The van der Waals surface area contributed by atoms with Crippen molar-refractivity contribution in [2.45, 2.75) is 46.0 Å². The summed E-state index contributed by atoms with van der Waals surface area (Å²) in [4.78, 5) is 9.25. The number of carboxylic acids is 1. The quantitative estimate of drug-likeness (QED) is 0.414. The van der Waals surface area contributed by atoms with Gasteiger partial charge in [0.2, 0.25) is 0 Å². The summed E-state index contributed by atoms with van der Waals surface area (Å²) in [7, 11) is 0. The molecule has 0 aliphatic carbocycles. The van der Waals surface area contributed by atoms with Crippen LogP contribution in [0.25, 0.3) is 0 Å². The largest absolute Gasteiger partial charge is 0.478 e. The number of allylic oxidation sites excluding steroid dienone is 1. The van der Waals surface area contributed by atoms with E-state index < -0.39 is 5.97 Å². The van der Waals surface area contributed by atoms with Crippen molar-refractivity contribution in [2.75, 3.05) is 0 Å². The second kappa shape index (κ2) is 12.5. The zero-order valence-corrected chi connectivity index (χ0v) is 10.9. The van der Waals surface area contributed by atoms with Crippen LogP contribution in [-0.4, -0.2) is 11.1 Å². The molecule has 96 valence electrons. The topological polar surface area (TPSA) is 61.1 Å². The van der Waals surface area contributed by atoms with Gasteiger partial charge in [0.25, 0.3) is 0 Å². The third-order valence-electron chi connectivity index (χ3n) is 2.46. The molecular weight excluding hydrogens is 214 g/mol. The third-order valence-corrected chi connectivity index (χ3v) is 2.46. The zero-order chi connectivity index (χ0) is 13.7. The molecule has 0 radical (unpaired) electrons. The van der Waals surface area contributed by atoms with Crippen LogP contribution in [0.3, 0.4) is 0 Å². The Morgan fingerprint density at radius 1 is 1.47 bits per heavy atom. The van der Waals surface area contributed by atoms with Gasteiger partial charge in [-0.25, -0.2) is 4.79 Å². The number of hydrogen-bond acceptors (Lipinski definition) is 2. The molecule has 17 heavy (non-hydrogen) atoms. The van der Waals surface area contributed by atoms with Gasteiger partial charge in [-0.2, -0.15) is 5.26 Å². The van der Waals surface area contributed by atoms with E-state index in [1.807, 2.05) is 0 Å². The van der Waals surface area contributed by atoms with Gasteiger partial charge >= 0.3 is 5.97 Å². The zero-order valence-electron chi connectivity index (χ0n) is 10.9. The summed E-state index contributed by atoms with van der Waals surface area (Å²) in [5, 5.41) is 16.2. The molecular formula is C14H23NO2. The molecule has 3 nitrogen and oxygen atoms in total. The third kappa shape index (κ3) is 12.4. The van der Waals surface area contributed by atoms with Crippen molar-refractivity contribution in [1.82, 2.24) is 0 Å². The average molecular weight is 237 g/mol. The van der Waals surface area contributed by atoms with Gasteiger partial charge in [-0.05, 0) is 18.8 Å². The number of carboxylic acid groups (broad SMARTS) is 1. The van der Waals surface area contributed by atoms with Crippen LogP contribution >= 0.6 is 0 Å². The maximum absolute atomic E-state index is 9.25. The summed E-state index contributed by atoms with van der Waals surface area (Å²) in [6.45, 7) is 11.0. The molecule has 0 spiro atoms. The van der Waals surface area contributed by atoms with Crippen LogP contribution in [0.5, 0.6) is 0 Å². The Labute approximate surface area is 104 Å². The number of nitriles is 1. The Balaban J connectivity index is 0. The van der Waals surface area contributed by atoms with Crippen LogP contribution in [-0.2, 0) is 4.79 Å². The predicted octanol–water partition coefficient (Wildman–Crippen LogP) is 3.93. The van der Waals surface area contributed by atoms with E-state index in [-0.39, 0.29) is 0 Å². The van der Waals surface area contributed by atoms with Gasteiger partial charge < -0.3 is 5.11 Å². The van der Waals surface area contributed by atoms with E-state index in [1.165, 1.54) is 19.3 Å². The Kier molecular flexibility index (Phi) is 13.1. The molecule has 0 aromatic carbocycles. The molecule has 0 amide bonds. The lowest BCUT2D eigenvalue weighted by Crippen LogP contribution is -2.00. The molecule has 0 fully saturated rings. The fraction of sp³-hybridized carbons (Fsp3) is 0.571. The first-order chi connectivity index (χ1) is 8.03. The molecule has 3 heteroatoms. The summed E-state index contributed by atoms with van der Waals surface area (Å²) in [6, 6.07) is 2.15. The number of carbonyl (C=O) groups is 1. The summed E-state index contributed by atoms with van der Waals surface area (Å²) in [5.41, 5.74) is 0.758. The van der Waals surface area contributed by atoms with Crippen LogP contribution in [0, 0.1) is 17.2 Å². The molecule has 1 unspecified atom stereocenters. The monoisotopic (exact) mass is 237 g/mol. The van der Waals surface area contributed by atoms with Crippen LogP contribution in [0.15, 0.2) is 24.8 Å². The van der Waals surface area contributed by atoms with Crippen molar-refractivity contribution in [1.29, 1.82) is 5.26 Å². The molecule has 0 saturated heterocycles. The molecule has 0 saturated carbocycles. The minimum absolute atomic E-state index is 0.432. The van der Waals surface area contributed by atoms with Gasteiger partial charge in [0.15, 0.2) is 0 Å². The summed E-state index contributed by atoms with van der Waals surface area (Å²) in [5.74, 6) is -0.549. The first-order valence-corrected chi connectivity index (χ1v) is 5.97. The van der Waals surface area contributed by atoms with Gasteiger partial charge in [-0.3, -0.25) is 0 Å². The fourth-order valence-electron chi connectivity index (χ4n) is 1.36. The minimum Gasteiger partial charge on any atom is -0.478 e. The first kappa shape index (κ1) is 17.8. The number of unbranched alkanes of at least 4 members (excludes halogenated alkanes) is 2. The highest BCUT2D eigenvalue weighted by Gasteiger charge is 2.08. The number of rotatable bonds is 7. The number of hydrogen-bond donors (Lipinski definition) is 1. The lowest BCUT2D eigenvalue weighted by atomic mass is 9.92. The highest BCUT2D eigenvalue weighted by atomic mass is 16.4. The van der Waals surface area contributed by atoms with Crippen LogP contribution in [0.2, 0.25) is 0 Å². The Morgan fingerprint density at radius 2 is 2.00 bits per heavy atom. The Morgan fingerprint density at radius 3 is 2.29 bits per heavy atom. The average Bonchev–Trinajstić information content (AvgIpc) is 2.34. The van der Waals surface area contributed by atoms with E-state index >= 15 is 0 Å². The normalized spacial score (nSPS) is 10.4. The van der Waals surface area contributed by atoms with Crippen molar-refractivity contribution in [3.05, 3.63) is 24.8 Å². The molecule has 0 aromatic heterocycles. The molecule has 0 bridgehead atoms. The number of nitrogens with zero attached hydrogens (tertiary/aromatic N) is 1. The lowest BCUT2D eigenvalue weighted by molar-refractivity contribution is -0.131. The van der Waals surface area contributed by atoms with Gasteiger partial charge in [0.1, 0.15) is 0 Å². The summed E-state index contributed by atoms with van der Waals surface area (Å²) in [6.07, 6.45) is 6.77. The number of aliphatic carboxylic acids is 1. The Hall–Kier alpha value is -1.56. The second-order valence-electron chi connectivity index (χ2n) is 3.78. The van der Waals surface area contributed by atoms with Gasteiger partial charge in [0.05, 0.1) is 6.07 Å². The first-order valence-electron chi connectivity index (χ1n) is 5.97. The van der Waals surface area contributed by atoms with Gasteiger partial charge in [-0.1, -0.05) is 46.3 Å². The predicted molar refractivity (Wildman–Crippen MR) is 70.5 cm³/mol. The maximum atomic E-state index is 9.25. The SMILES string of the molecule is C=C(C#N)C(CC)CCCCC.C=CC(=O)O. The fourth-order valence-corrected chi connectivity index (χ4v) is 1.36. The molecule has 1 N–H and O–H groups in total. The molecule has 0 heterocycles. The van der Waals surface area contributed by atoms with E-state index in [4.69, 9.17) is 10.4 Å². The standard InChI is InChI=1S/C11H19N.C3H4O2/c1-4-6-7-8-11(5-2)10(3)9-12;1-2-3(4)5/h11H,3-8H2,1-2H3;2H,1H2,(H,4,5). The van der Waals surface area contributed by atoms with Crippen molar-refractivity contribution in [3.8, 4) is 6.07 Å². The summed E-state index contributed by atoms with van der Waals surface area (Å²) < 4.78 is 0. The van der Waals surface area contributed by atoms with Crippen LogP contribution in [0.4, 0.5) is 0 Å². The van der Waals surface area contributed by atoms with Gasteiger partial charge in [0, 0.05) is 11.6 Å². The van der Waals surface area contributed by atoms with E-state index in [1.54, 1.807) is 0 Å². The molecule has 0 rings (SSSR count). The molecule has 0 aromatic rings. The lowest BCUT2D eigenvalue weighted by Gasteiger charge is -2.11. The smallest absolute Gasteiger partial charge is 0.327 e. The van der Waals surface area contributed by atoms with Crippen molar-refractivity contribution >= 4 is 5.97 Å². The molecule has 1 atom stereocenters. The molecule has 0 aliphatic heterocycles. The van der Waals surface area contributed by atoms with Crippen molar-refractivity contribution < 1.29 is 9.90 Å². The minimum atomic E-state index is -0.981. The van der Waals surface area contributed by atoms with Crippen molar-refractivity contribution in [3.63, 3.8) is 0 Å². The Bertz CT molecular complexity index is 276. The van der Waals surface area contributed by atoms with E-state index in [0.717, 1.165) is 24.5 Å². The second-order valence-corrected chi connectivity index (χ2v) is 3.78.